The highest BCUT2D eigenvalue weighted by atomic mass is 19.4. The summed E-state index contributed by atoms with van der Waals surface area (Å²) in [6.45, 7) is 3.18. The number of aromatic nitrogens is 1. The average Bonchev–Trinajstić information content (AvgIpc) is 3.17. The van der Waals surface area contributed by atoms with Crippen molar-refractivity contribution < 1.29 is 27.9 Å². The first kappa shape index (κ1) is 36.1. The van der Waals surface area contributed by atoms with Crippen LogP contribution in [0, 0.1) is 0 Å². The number of benzene rings is 4. The summed E-state index contributed by atoms with van der Waals surface area (Å²) < 4.78 is 39.5. The van der Waals surface area contributed by atoms with E-state index in [2.05, 4.69) is 22.0 Å². The standard InChI is InChI=1S/C42H39F3N4O3/c43-42(44,45)36-18-11-31(12-19-36)15-22-40(51)49(30-34-9-16-35(17-10-34)38-8-4-5-23-46-38)39(28-32-13-20-37(50)21-14-32)41(52)48-26-24-47(25-27-48)29-33-6-2-1-3-7-33/h1-23,39,50H,24-30H2/b22-15+/t39-/m0/s1. The summed E-state index contributed by atoms with van der Waals surface area (Å²) in [5.74, 6) is -0.580. The Morgan fingerprint density at radius 1 is 0.769 bits per heavy atom. The second-order valence-corrected chi connectivity index (χ2v) is 12.8. The van der Waals surface area contributed by atoms with Crippen LogP contribution in [0.25, 0.3) is 17.3 Å². The molecule has 1 aliphatic heterocycles. The molecule has 266 valence electrons. The highest BCUT2D eigenvalue weighted by molar-refractivity contribution is 5.95. The minimum Gasteiger partial charge on any atom is -0.508 e. The predicted molar refractivity (Wildman–Crippen MR) is 195 cm³/mol. The first-order chi connectivity index (χ1) is 25.1. The van der Waals surface area contributed by atoms with E-state index >= 15 is 0 Å². The van der Waals surface area contributed by atoms with E-state index < -0.39 is 23.7 Å². The van der Waals surface area contributed by atoms with E-state index in [1.54, 1.807) is 35.4 Å². The van der Waals surface area contributed by atoms with E-state index in [0.29, 0.717) is 31.7 Å². The van der Waals surface area contributed by atoms with Gasteiger partial charge in [0.15, 0.2) is 0 Å². The fourth-order valence-corrected chi connectivity index (χ4v) is 6.26. The summed E-state index contributed by atoms with van der Waals surface area (Å²) in [5, 5.41) is 9.95. The Balaban J connectivity index is 1.29. The number of hydrogen-bond donors (Lipinski definition) is 1. The highest BCUT2D eigenvalue weighted by Crippen LogP contribution is 2.29. The molecular weight excluding hydrogens is 665 g/mol. The van der Waals surface area contributed by atoms with E-state index in [4.69, 9.17) is 0 Å². The van der Waals surface area contributed by atoms with Crippen molar-refractivity contribution in [2.75, 3.05) is 26.2 Å². The van der Waals surface area contributed by atoms with Crippen molar-refractivity contribution in [3.63, 3.8) is 0 Å². The molecule has 1 atom stereocenters. The summed E-state index contributed by atoms with van der Waals surface area (Å²) in [5.41, 5.74) is 4.06. The molecule has 1 saturated heterocycles. The third-order valence-electron chi connectivity index (χ3n) is 9.17. The van der Waals surface area contributed by atoms with Gasteiger partial charge in [0, 0.05) is 63.5 Å². The Hall–Kier alpha value is -5.74. The van der Waals surface area contributed by atoms with Crippen LogP contribution < -0.4 is 0 Å². The molecule has 6 rings (SSSR count). The van der Waals surface area contributed by atoms with Gasteiger partial charge >= 0.3 is 6.18 Å². The minimum absolute atomic E-state index is 0.0848. The van der Waals surface area contributed by atoms with E-state index in [9.17, 15) is 27.9 Å². The van der Waals surface area contributed by atoms with Gasteiger partial charge in [-0.1, -0.05) is 84.9 Å². The van der Waals surface area contributed by atoms with Crippen LogP contribution in [-0.4, -0.2) is 68.8 Å². The van der Waals surface area contributed by atoms with Crippen LogP contribution in [0.15, 0.2) is 134 Å². The smallest absolute Gasteiger partial charge is 0.416 e. The molecule has 7 nitrogen and oxygen atoms in total. The van der Waals surface area contributed by atoms with Crippen molar-refractivity contribution in [1.82, 2.24) is 19.7 Å². The van der Waals surface area contributed by atoms with Crippen molar-refractivity contribution in [2.24, 2.45) is 0 Å². The zero-order valence-corrected chi connectivity index (χ0v) is 28.5. The monoisotopic (exact) mass is 704 g/mol. The van der Waals surface area contributed by atoms with Gasteiger partial charge in [0.05, 0.1) is 11.3 Å². The summed E-state index contributed by atoms with van der Waals surface area (Å²) in [4.78, 5) is 38.8. The molecule has 0 spiro atoms. The molecular formula is C42H39F3N4O3. The van der Waals surface area contributed by atoms with Crippen LogP contribution in [0.2, 0.25) is 0 Å². The van der Waals surface area contributed by atoms with Gasteiger partial charge in [-0.15, -0.1) is 0 Å². The van der Waals surface area contributed by atoms with Gasteiger partial charge in [-0.2, -0.15) is 13.2 Å². The van der Waals surface area contributed by atoms with Crippen LogP contribution in [0.5, 0.6) is 5.75 Å². The number of phenols is 1. The second-order valence-electron chi connectivity index (χ2n) is 12.8. The number of pyridine rings is 1. The Labute approximate surface area is 301 Å². The van der Waals surface area contributed by atoms with Gasteiger partial charge in [-0.25, -0.2) is 0 Å². The largest absolute Gasteiger partial charge is 0.508 e. The van der Waals surface area contributed by atoms with E-state index in [1.165, 1.54) is 34.7 Å². The summed E-state index contributed by atoms with van der Waals surface area (Å²) >= 11 is 0. The Morgan fingerprint density at radius 2 is 1.42 bits per heavy atom. The van der Waals surface area contributed by atoms with Crippen LogP contribution in [0.3, 0.4) is 0 Å². The third kappa shape index (κ3) is 9.52. The van der Waals surface area contributed by atoms with Crippen molar-refractivity contribution in [1.29, 1.82) is 0 Å². The van der Waals surface area contributed by atoms with Crippen LogP contribution >= 0.6 is 0 Å². The lowest BCUT2D eigenvalue weighted by Crippen LogP contribution is -2.56. The number of carbonyl (C=O) groups excluding carboxylic acids is 2. The lowest BCUT2D eigenvalue weighted by atomic mass is 10.0. The zero-order chi connectivity index (χ0) is 36.5. The number of hydrogen-bond acceptors (Lipinski definition) is 5. The van der Waals surface area contributed by atoms with Gasteiger partial charge < -0.3 is 14.9 Å². The maximum absolute atomic E-state index is 14.5. The molecule has 2 heterocycles. The van der Waals surface area contributed by atoms with Crippen molar-refractivity contribution in [2.45, 2.75) is 31.7 Å². The van der Waals surface area contributed by atoms with Crippen LogP contribution in [0.1, 0.15) is 27.8 Å². The number of carbonyl (C=O) groups is 2. The molecule has 0 aliphatic carbocycles. The molecule has 1 N–H and O–H groups in total. The SMILES string of the molecule is O=C([C@H](Cc1ccc(O)cc1)N(Cc1ccc(-c2ccccn2)cc1)C(=O)/C=C/c1ccc(C(F)(F)F)cc1)N1CCN(Cc2ccccc2)CC1. The summed E-state index contributed by atoms with van der Waals surface area (Å²) in [7, 11) is 0. The van der Waals surface area contributed by atoms with Crippen molar-refractivity contribution in [3.05, 3.63) is 161 Å². The molecule has 2 amide bonds. The fourth-order valence-electron chi connectivity index (χ4n) is 6.26. The van der Waals surface area contributed by atoms with Gasteiger partial charge in [-0.3, -0.25) is 19.5 Å². The molecule has 0 bridgehead atoms. The van der Waals surface area contributed by atoms with Crippen molar-refractivity contribution >= 4 is 17.9 Å². The topological polar surface area (TPSA) is 77.0 Å². The minimum atomic E-state index is -4.48. The molecule has 5 aromatic rings. The Bertz CT molecular complexity index is 1940. The molecule has 0 saturated carbocycles. The third-order valence-corrected chi connectivity index (χ3v) is 9.17. The summed E-state index contributed by atoms with van der Waals surface area (Å²) in [6.07, 6.45) is 0.197. The molecule has 1 fully saturated rings. The highest BCUT2D eigenvalue weighted by Gasteiger charge is 2.34. The van der Waals surface area contributed by atoms with Gasteiger partial charge in [-0.05, 0) is 64.7 Å². The zero-order valence-electron chi connectivity index (χ0n) is 28.5. The first-order valence-electron chi connectivity index (χ1n) is 17.1. The number of amides is 2. The molecule has 52 heavy (non-hydrogen) atoms. The normalized spacial score (nSPS) is 14.3. The number of aromatic hydroxyl groups is 1. The lowest BCUT2D eigenvalue weighted by Gasteiger charge is -2.39. The van der Waals surface area contributed by atoms with Gasteiger partial charge in [0.2, 0.25) is 11.8 Å². The molecule has 4 aromatic carbocycles. The van der Waals surface area contributed by atoms with Gasteiger partial charge in [0.1, 0.15) is 11.8 Å². The molecule has 0 radical (unpaired) electrons. The second kappa shape index (κ2) is 16.5. The Morgan fingerprint density at radius 3 is 2.06 bits per heavy atom. The lowest BCUT2D eigenvalue weighted by molar-refractivity contribution is -0.145. The molecule has 1 aromatic heterocycles. The number of nitrogens with zero attached hydrogens (tertiary/aromatic N) is 4. The van der Waals surface area contributed by atoms with Crippen LogP contribution in [-0.2, 0) is 35.3 Å². The van der Waals surface area contributed by atoms with E-state index in [0.717, 1.165) is 41.1 Å². The summed E-state index contributed by atoms with van der Waals surface area (Å²) in [6, 6.07) is 33.6. The number of rotatable bonds is 11. The van der Waals surface area contributed by atoms with Crippen LogP contribution in [0.4, 0.5) is 13.2 Å². The average molecular weight is 705 g/mol. The molecule has 0 unspecified atom stereocenters. The van der Waals surface area contributed by atoms with E-state index in [-0.39, 0.29) is 24.6 Å². The van der Waals surface area contributed by atoms with E-state index in [1.807, 2.05) is 60.7 Å². The molecule has 1 aliphatic rings. The predicted octanol–water partition coefficient (Wildman–Crippen LogP) is 7.47. The number of phenolic OH excluding ortho intramolecular Hbond substituents is 1. The fraction of sp³-hybridized carbons (Fsp3) is 0.214. The first-order valence-corrected chi connectivity index (χ1v) is 17.1. The number of halogens is 3. The number of piperazine rings is 1. The maximum Gasteiger partial charge on any atom is 0.416 e. The van der Waals surface area contributed by atoms with Gasteiger partial charge in [0.25, 0.3) is 0 Å². The quantitative estimate of drug-likeness (QED) is 0.145. The molecule has 10 heteroatoms. The number of alkyl halides is 3. The maximum atomic E-state index is 14.5. The van der Waals surface area contributed by atoms with Crippen molar-refractivity contribution in [3.8, 4) is 17.0 Å². The Kier molecular flexibility index (Phi) is 11.5.